The highest BCUT2D eigenvalue weighted by molar-refractivity contribution is 5.27. The molecule has 4 aliphatic rings. The molecule has 4 rings (SSSR count). The largest absolute Gasteiger partial charge is 0.396 e. The maximum Gasteiger partial charge on any atom is 0.0468 e. The Morgan fingerprint density at radius 3 is 2.06 bits per heavy atom. The third kappa shape index (κ3) is 5.10. The standard InChI is InChI=1S/2C16H28O/c2*1-12-6-7-14-15(2,3)9-5-10-16(14,4)13(12)8-11-17/h14,17H,5-11H2,1-4H3;6,13-14,17H,5,7-11H2,1-4H3/t14-,16+;13?,14-,16+/m00/s1. The molecule has 1 unspecified atom stereocenters. The third-order valence-corrected chi connectivity index (χ3v) is 11.3. The van der Waals surface area contributed by atoms with E-state index in [1.807, 2.05) is 0 Å². The van der Waals surface area contributed by atoms with Crippen molar-refractivity contribution in [2.75, 3.05) is 13.2 Å². The van der Waals surface area contributed by atoms with Crippen LogP contribution in [0.15, 0.2) is 22.8 Å². The molecule has 0 saturated heterocycles. The van der Waals surface area contributed by atoms with Gasteiger partial charge in [0, 0.05) is 13.2 Å². The predicted octanol–water partition coefficient (Wildman–Crippen LogP) is 8.48. The molecule has 196 valence electrons. The van der Waals surface area contributed by atoms with Gasteiger partial charge in [-0.25, -0.2) is 0 Å². The van der Waals surface area contributed by atoms with Gasteiger partial charge in [0.2, 0.25) is 0 Å². The first-order valence-electron chi connectivity index (χ1n) is 14.4. The van der Waals surface area contributed by atoms with Crippen LogP contribution in [0.3, 0.4) is 0 Å². The summed E-state index contributed by atoms with van der Waals surface area (Å²) in [5.41, 5.74) is 6.41. The van der Waals surface area contributed by atoms with Gasteiger partial charge >= 0.3 is 0 Å². The van der Waals surface area contributed by atoms with Gasteiger partial charge in [-0.3, -0.25) is 0 Å². The summed E-state index contributed by atoms with van der Waals surface area (Å²) in [6.07, 6.45) is 16.3. The Hall–Kier alpha value is -0.600. The number of allylic oxidation sites excluding steroid dienone is 3. The number of fused-ring (bicyclic) bond motifs is 2. The van der Waals surface area contributed by atoms with Gasteiger partial charge in [0.25, 0.3) is 0 Å². The van der Waals surface area contributed by atoms with E-state index in [4.69, 9.17) is 0 Å². The van der Waals surface area contributed by atoms with Crippen LogP contribution in [0.2, 0.25) is 0 Å². The summed E-state index contributed by atoms with van der Waals surface area (Å²) in [4.78, 5) is 0. The summed E-state index contributed by atoms with van der Waals surface area (Å²) in [7, 11) is 0. The summed E-state index contributed by atoms with van der Waals surface area (Å²) in [5.74, 6) is 2.21. The normalized spacial score (nSPS) is 38.8. The van der Waals surface area contributed by atoms with Crippen LogP contribution in [0, 0.1) is 39.4 Å². The first-order valence-corrected chi connectivity index (χ1v) is 14.4. The molecule has 0 radical (unpaired) electrons. The van der Waals surface area contributed by atoms with Gasteiger partial charge in [0.15, 0.2) is 0 Å². The van der Waals surface area contributed by atoms with Gasteiger partial charge in [-0.15, -0.1) is 0 Å². The summed E-state index contributed by atoms with van der Waals surface area (Å²) in [6, 6.07) is 0. The quantitative estimate of drug-likeness (QED) is 0.403. The van der Waals surface area contributed by atoms with Crippen molar-refractivity contribution in [3.63, 3.8) is 0 Å². The Balaban J connectivity index is 0.000000191. The SMILES string of the molecule is CC1=C(CCO)[C@@]2(C)CCCC(C)(C)[C@@H]2CC1.CC1=CC[C@H]2C(C)(C)CCC[C@]2(C)C1CCO. The second kappa shape index (κ2) is 10.4. The fraction of sp³-hybridized carbons (Fsp3) is 0.875. The first kappa shape index (κ1) is 28.0. The number of rotatable bonds is 4. The van der Waals surface area contributed by atoms with Crippen LogP contribution in [-0.2, 0) is 0 Å². The molecular formula is C32H56O2. The lowest BCUT2D eigenvalue weighted by molar-refractivity contribution is -0.0425. The Labute approximate surface area is 211 Å². The van der Waals surface area contributed by atoms with Crippen LogP contribution < -0.4 is 0 Å². The highest BCUT2D eigenvalue weighted by Gasteiger charge is 2.52. The number of hydrogen-bond acceptors (Lipinski definition) is 2. The molecule has 2 saturated carbocycles. The number of aliphatic hydroxyl groups is 2. The minimum Gasteiger partial charge on any atom is -0.396 e. The molecular weight excluding hydrogens is 416 g/mol. The van der Waals surface area contributed by atoms with Gasteiger partial charge in [0.1, 0.15) is 0 Å². The molecule has 0 bridgehead atoms. The van der Waals surface area contributed by atoms with Gasteiger partial charge in [-0.05, 0) is 111 Å². The average molecular weight is 473 g/mol. The van der Waals surface area contributed by atoms with Gasteiger partial charge in [-0.2, -0.15) is 0 Å². The summed E-state index contributed by atoms with van der Waals surface area (Å²) >= 11 is 0. The lowest BCUT2D eigenvalue weighted by Gasteiger charge is -2.56. The molecule has 0 aliphatic heterocycles. The second-order valence-electron chi connectivity index (χ2n) is 14.2. The molecule has 0 aromatic carbocycles. The minimum atomic E-state index is 0.315. The van der Waals surface area contributed by atoms with Gasteiger partial charge < -0.3 is 10.2 Å². The highest BCUT2D eigenvalue weighted by Crippen LogP contribution is 2.61. The van der Waals surface area contributed by atoms with E-state index in [-0.39, 0.29) is 0 Å². The smallest absolute Gasteiger partial charge is 0.0468 e. The van der Waals surface area contributed by atoms with E-state index in [1.54, 1.807) is 11.1 Å². The second-order valence-corrected chi connectivity index (χ2v) is 14.2. The minimum absolute atomic E-state index is 0.315. The van der Waals surface area contributed by atoms with E-state index in [0.29, 0.717) is 40.8 Å². The molecule has 2 nitrogen and oxygen atoms in total. The van der Waals surface area contributed by atoms with Crippen molar-refractivity contribution in [2.24, 2.45) is 39.4 Å². The van der Waals surface area contributed by atoms with E-state index < -0.39 is 0 Å². The maximum absolute atomic E-state index is 9.34. The first-order chi connectivity index (χ1) is 15.8. The Morgan fingerprint density at radius 1 is 0.824 bits per heavy atom. The van der Waals surface area contributed by atoms with Crippen molar-refractivity contribution in [3.05, 3.63) is 22.8 Å². The van der Waals surface area contributed by atoms with Crippen molar-refractivity contribution in [2.45, 2.75) is 126 Å². The molecule has 0 heterocycles. The summed E-state index contributed by atoms with van der Waals surface area (Å²) in [6.45, 7) is 19.9. The van der Waals surface area contributed by atoms with Gasteiger partial charge in [-0.1, -0.05) is 77.2 Å². The molecule has 2 fully saturated rings. The summed E-state index contributed by atoms with van der Waals surface area (Å²) < 4.78 is 0. The molecule has 5 atom stereocenters. The molecule has 2 N–H and O–H groups in total. The molecule has 0 amide bonds. The van der Waals surface area contributed by atoms with Crippen LogP contribution in [-0.4, -0.2) is 23.4 Å². The zero-order valence-corrected chi connectivity index (χ0v) is 23.9. The topological polar surface area (TPSA) is 40.5 Å². The number of hydrogen-bond donors (Lipinski definition) is 2. The molecule has 34 heavy (non-hydrogen) atoms. The molecule has 0 aromatic heterocycles. The number of aliphatic hydroxyl groups excluding tert-OH is 2. The molecule has 0 spiro atoms. The monoisotopic (exact) mass is 472 g/mol. The van der Waals surface area contributed by atoms with Crippen molar-refractivity contribution in [3.8, 4) is 0 Å². The van der Waals surface area contributed by atoms with Crippen molar-refractivity contribution in [1.82, 2.24) is 0 Å². The van der Waals surface area contributed by atoms with E-state index >= 15 is 0 Å². The maximum atomic E-state index is 9.34. The fourth-order valence-electron chi connectivity index (χ4n) is 9.63. The lowest BCUT2D eigenvalue weighted by Crippen LogP contribution is -2.48. The van der Waals surface area contributed by atoms with Gasteiger partial charge in [0.05, 0.1) is 0 Å². The van der Waals surface area contributed by atoms with Crippen molar-refractivity contribution < 1.29 is 10.2 Å². The zero-order chi connectivity index (χ0) is 25.4. The highest BCUT2D eigenvalue weighted by atomic mass is 16.3. The Bertz CT molecular complexity index is 760. The van der Waals surface area contributed by atoms with E-state index in [9.17, 15) is 10.2 Å². The lowest BCUT2D eigenvalue weighted by atomic mass is 9.48. The fourth-order valence-corrected chi connectivity index (χ4v) is 9.63. The molecule has 2 heteroatoms. The Morgan fingerprint density at radius 2 is 1.44 bits per heavy atom. The molecule has 0 aromatic rings. The van der Waals surface area contributed by atoms with Crippen LogP contribution in [0.1, 0.15) is 126 Å². The zero-order valence-electron chi connectivity index (χ0n) is 23.9. The van der Waals surface area contributed by atoms with Crippen molar-refractivity contribution in [1.29, 1.82) is 0 Å². The van der Waals surface area contributed by atoms with Crippen molar-refractivity contribution >= 4 is 0 Å². The van der Waals surface area contributed by atoms with E-state index in [0.717, 1.165) is 24.7 Å². The molecule has 4 aliphatic carbocycles. The third-order valence-electron chi connectivity index (χ3n) is 11.3. The summed E-state index contributed by atoms with van der Waals surface area (Å²) in [5, 5.41) is 18.7. The van der Waals surface area contributed by atoms with E-state index in [2.05, 4.69) is 61.5 Å². The van der Waals surface area contributed by atoms with Crippen LogP contribution in [0.25, 0.3) is 0 Å². The predicted molar refractivity (Wildman–Crippen MR) is 146 cm³/mol. The average Bonchev–Trinajstić information content (AvgIpc) is 2.73. The van der Waals surface area contributed by atoms with Crippen LogP contribution in [0.5, 0.6) is 0 Å². The Kier molecular flexibility index (Phi) is 8.57. The van der Waals surface area contributed by atoms with E-state index in [1.165, 1.54) is 63.4 Å². The van der Waals surface area contributed by atoms with Crippen LogP contribution in [0.4, 0.5) is 0 Å². The van der Waals surface area contributed by atoms with Crippen LogP contribution >= 0.6 is 0 Å².